The van der Waals surface area contributed by atoms with Gasteiger partial charge in [-0.15, -0.1) is 0 Å². The molecule has 1 aromatic carbocycles. The van der Waals surface area contributed by atoms with E-state index in [4.69, 9.17) is 4.55 Å². The summed E-state index contributed by atoms with van der Waals surface area (Å²) < 4.78 is 31.8. The van der Waals surface area contributed by atoms with Crippen molar-refractivity contribution in [3.8, 4) is 0 Å². The van der Waals surface area contributed by atoms with E-state index in [1.165, 1.54) is 12.1 Å². The van der Waals surface area contributed by atoms with Crippen LogP contribution in [0, 0.1) is 0 Å². The number of anilines is 1. The van der Waals surface area contributed by atoms with Gasteiger partial charge >= 0.3 is 39.9 Å². The van der Waals surface area contributed by atoms with E-state index in [0.29, 0.717) is 5.69 Å². The molecule has 0 aliphatic rings. The summed E-state index contributed by atoms with van der Waals surface area (Å²) in [4.78, 5) is 0. The maximum absolute atomic E-state index is 10.3. The molecule has 0 spiro atoms. The number of nitrogens with one attached hydrogen (secondary N) is 1. The summed E-state index contributed by atoms with van der Waals surface area (Å²) in [6.07, 6.45) is 0. The molecule has 0 unspecified atom stereocenters. The fourth-order valence-electron chi connectivity index (χ4n) is 0.667. The van der Waals surface area contributed by atoms with Crippen LogP contribution in [0.5, 0.6) is 0 Å². The molecular weight excluding hydrogens is 269 g/mol. The Morgan fingerprint density at radius 3 is 2.08 bits per heavy atom. The first-order valence-electron chi connectivity index (χ1n) is 2.98. The van der Waals surface area contributed by atoms with Crippen LogP contribution in [-0.2, 0) is 10.3 Å². The Hall–Kier alpha value is 0.410. The van der Waals surface area contributed by atoms with E-state index in [-0.39, 0.29) is 29.6 Å². The summed E-state index contributed by atoms with van der Waals surface area (Å²) in [5, 5.41) is 0. The Morgan fingerprint density at radius 1 is 1.23 bits per heavy atom. The molecule has 7 heteroatoms. The molecule has 0 atom stereocenters. The molecule has 0 radical (unpaired) electrons. The molecule has 0 saturated carbocycles. The third kappa shape index (κ3) is 5.66. The molecule has 0 aliphatic heterocycles. The van der Waals surface area contributed by atoms with Crippen molar-refractivity contribution in [2.45, 2.75) is 0 Å². The summed E-state index contributed by atoms with van der Waals surface area (Å²) in [7, 11) is -4.16. The monoisotopic (exact) mass is 275 g/mol. The van der Waals surface area contributed by atoms with Crippen molar-refractivity contribution in [1.29, 1.82) is 0 Å². The first-order valence-corrected chi connectivity index (χ1v) is 5.21. The number of rotatable bonds is 2. The normalized spacial score (nSPS) is 10.3. The van der Waals surface area contributed by atoms with Crippen molar-refractivity contribution in [2.24, 2.45) is 0 Å². The molecule has 0 amide bonds. The third-order valence-electron chi connectivity index (χ3n) is 1.09. The fraction of sp³-hybridized carbons (Fsp3) is 0. The Kier molecular flexibility index (Phi) is 5.50. The van der Waals surface area contributed by atoms with Crippen molar-refractivity contribution in [2.75, 3.05) is 4.72 Å². The first kappa shape index (κ1) is 13.4. The molecule has 0 aromatic heterocycles. The Morgan fingerprint density at radius 2 is 1.69 bits per heavy atom. The van der Waals surface area contributed by atoms with Crippen LogP contribution in [0.3, 0.4) is 0 Å². The fourth-order valence-corrected chi connectivity index (χ4v) is 1.37. The van der Waals surface area contributed by atoms with E-state index in [9.17, 15) is 8.42 Å². The number of halogens is 1. The van der Waals surface area contributed by atoms with Gasteiger partial charge in [0.15, 0.2) is 0 Å². The molecule has 0 bridgehead atoms. The van der Waals surface area contributed by atoms with Crippen molar-refractivity contribution >= 4 is 61.5 Å². The number of hydrogen-bond acceptors (Lipinski definition) is 2. The molecule has 0 fully saturated rings. The van der Waals surface area contributed by atoms with E-state index in [0.717, 1.165) is 4.47 Å². The van der Waals surface area contributed by atoms with Crippen LogP contribution in [-0.4, -0.2) is 42.5 Å². The predicted octanol–water partition coefficient (Wildman–Crippen LogP) is 1.02. The molecule has 1 aromatic rings. The van der Waals surface area contributed by atoms with Gasteiger partial charge in [0.05, 0.1) is 5.69 Å². The van der Waals surface area contributed by atoms with Crippen LogP contribution < -0.4 is 4.72 Å². The predicted molar refractivity (Wildman–Crippen MR) is 56.5 cm³/mol. The summed E-state index contributed by atoms with van der Waals surface area (Å²) in [5.74, 6) is 0. The van der Waals surface area contributed by atoms with Gasteiger partial charge in [-0.1, -0.05) is 15.9 Å². The maximum atomic E-state index is 10.3. The van der Waals surface area contributed by atoms with E-state index < -0.39 is 10.3 Å². The average molecular weight is 276 g/mol. The topological polar surface area (TPSA) is 66.4 Å². The van der Waals surface area contributed by atoms with Gasteiger partial charge in [0.1, 0.15) is 0 Å². The number of hydrogen-bond donors (Lipinski definition) is 2. The van der Waals surface area contributed by atoms with Gasteiger partial charge in [-0.3, -0.25) is 9.27 Å². The summed E-state index contributed by atoms with van der Waals surface area (Å²) in [6, 6.07) is 6.37. The molecule has 2 N–H and O–H groups in total. The SMILES string of the molecule is O=S(=O)(O)Nc1ccc(Br)cc1.[NaH]. The van der Waals surface area contributed by atoms with Crippen LogP contribution in [0.15, 0.2) is 28.7 Å². The summed E-state index contributed by atoms with van der Waals surface area (Å²) >= 11 is 3.19. The Bertz CT molecular complexity index is 364. The van der Waals surface area contributed by atoms with E-state index in [1.807, 2.05) is 4.72 Å². The minimum absolute atomic E-state index is 0. The molecule has 4 nitrogen and oxygen atoms in total. The molecule has 0 aliphatic carbocycles. The van der Waals surface area contributed by atoms with Crippen molar-refractivity contribution in [3.63, 3.8) is 0 Å². The molecular formula is C6H7BrNNaO3S. The Balaban J connectivity index is 0.00000144. The van der Waals surface area contributed by atoms with Crippen molar-refractivity contribution < 1.29 is 13.0 Å². The second kappa shape index (κ2) is 5.33. The zero-order valence-electron chi connectivity index (χ0n) is 5.86. The van der Waals surface area contributed by atoms with Crippen LogP contribution >= 0.6 is 15.9 Å². The van der Waals surface area contributed by atoms with Crippen molar-refractivity contribution in [1.82, 2.24) is 0 Å². The average Bonchev–Trinajstić information content (AvgIpc) is 1.91. The second-order valence-electron chi connectivity index (χ2n) is 2.08. The zero-order chi connectivity index (χ0) is 9.19. The van der Waals surface area contributed by atoms with Crippen molar-refractivity contribution in [3.05, 3.63) is 28.7 Å². The molecule has 13 heavy (non-hydrogen) atoms. The van der Waals surface area contributed by atoms with E-state index >= 15 is 0 Å². The van der Waals surface area contributed by atoms with Gasteiger partial charge in [0.25, 0.3) is 0 Å². The van der Waals surface area contributed by atoms with Crippen LogP contribution in [0.1, 0.15) is 0 Å². The van der Waals surface area contributed by atoms with Gasteiger partial charge in [-0.2, -0.15) is 8.42 Å². The third-order valence-corrected chi connectivity index (χ3v) is 2.11. The standard InChI is InChI=1S/C6H6BrNO3S.Na.H/c7-5-1-3-6(4-2-5)8-12(9,10)11;;/h1-4,8H,(H,9,10,11);;. The second-order valence-corrected chi connectivity index (χ2v) is 4.15. The van der Waals surface area contributed by atoms with Gasteiger partial charge in [0.2, 0.25) is 0 Å². The first-order chi connectivity index (χ1) is 5.47. The van der Waals surface area contributed by atoms with Crippen LogP contribution in [0.25, 0.3) is 0 Å². The van der Waals surface area contributed by atoms with Gasteiger partial charge in [0, 0.05) is 4.47 Å². The summed E-state index contributed by atoms with van der Waals surface area (Å²) in [6.45, 7) is 0. The molecule has 1 rings (SSSR count). The van der Waals surface area contributed by atoms with Crippen LogP contribution in [0.2, 0.25) is 0 Å². The minimum atomic E-state index is -4.16. The van der Waals surface area contributed by atoms with Crippen LogP contribution in [0.4, 0.5) is 5.69 Å². The molecule has 68 valence electrons. The van der Waals surface area contributed by atoms with Gasteiger partial charge in [-0.05, 0) is 24.3 Å². The summed E-state index contributed by atoms with van der Waals surface area (Å²) in [5.41, 5.74) is 0.320. The van der Waals surface area contributed by atoms with E-state index in [1.54, 1.807) is 12.1 Å². The van der Waals surface area contributed by atoms with Gasteiger partial charge < -0.3 is 0 Å². The van der Waals surface area contributed by atoms with Gasteiger partial charge in [-0.25, -0.2) is 0 Å². The molecule has 0 saturated heterocycles. The van der Waals surface area contributed by atoms with E-state index in [2.05, 4.69) is 15.9 Å². The molecule has 0 heterocycles. The Labute approximate surface area is 107 Å². The number of benzene rings is 1. The quantitative estimate of drug-likeness (QED) is 0.626. The zero-order valence-corrected chi connectivity index (χ0v) is 8.26.